The Bertz CT molecular complexity index is 539. The molecule has 1 aromatic rings. The number of benzene rings is 1. The highest BCUT2D eigenvalue weighted by Gasteiger charge is 2.13. The maximum absolute atomic E-state index is 11.7. The highest BCUT2D eigenvalue weighted by atomic mass is 32.2. The van der Waals surface area contributed by atoms with E-state index in [2.05, 4.69) is 0 Å². The van der Waals surface area contributed by atoms with Gasteiger partial charge in [-0.25, -0.2) is 13.2 Å². The third-order valence-electron chi connectivity index (χ3n) is 2.13. The van der Waals surface area contributed by atoms with Crippen LogP contribution >= 0.6 is 0 Å². The van der Waals surface area contributed by atoms with Crippen molar-refractivity contribution in [2.45, 2.75) is 19.6 Å². The molecule has 2 N–H and O–H groups in total. The molecule has 0 aliphatic rings. The molecule has 0 radical (unpaired) electrons. The lowest BCUT2D eigenvalue weighted by atomic mass is 10.1. The van der Waals surface area contributed by atoms with Crippen molar-refractivity contribution in [3.05, 3.63) is 35.4 Å². The average molecular weight is 287 g/mol. The van der Waals surface area contributed by atoms with Crippen LogP contribution in [0.1, 0.15) is 29.8 Å². The molecule has 1 aromatic carbocycles. The minimum absolute atomic E-state index is 0.0517. The molecule has 7 heteroatoms. The molecular formula is C12H17NO5S. The van der Waals surface area contributed by atoms with Crippen molar-refractivity contribution < 1.29 is 23.2 Å². The Morgan fingerprint density at radius 3 is 2.68 bits per heavy atom. The molecule has 0 saturated carbocycles. The SMILES string of the molecule is CC(C)CONS(=O)(=O)Cc1cccc(C(=O)O)c1. The largest absolute Gasteiger partial charge is 0.478 e. The number of rotatable bonds is 7. The van der Waals surface area contributed by atoms with Crippen LogP contribution in [0.2, 0.25) is 0 Å². The van der Waals surface area contributed by atoms with Crippen LogP contribution in [0.25, 0.3) is 0 Å². The van der Waals surface area contributed by atoms with Crippen molar-refractivity contribution in [1.82, 2.24) is 4.89 Å². The minimum atomic E-state index is -3.64. The maximum Gasteiger partial charge on any atom is 0.335 e. The first kappa shape index (κ1) is 15.6. The first-order valence-electron chi connectivity index (χ1n) is 5.73. The Morgan fingerprint density at radius 2 is 2.11 bits per heavy atom. The van der Waals surface area contributed by atoms with Gasteiger partial charge in [-0.1, -0.05) is 30.9 Å². The van der Waals surface area contributed by atoms with Gasteiger partial charge in [0.05, 0.1) is 17.9 Å². The van der Waals surface area contributed by atoms with Gasteiger partial charge in [-0.15, -0.1) is 0 Å². The van der Waals surface area contributed by atoms with Crippen molar-refractivity contribution in [3.8, 4) is 0 Å². The van der Waals surface area contributed by atoms with Crippen molar-refractivity contribution in [1.29, 1.82) is 0 Å². The Hall–Kier alpha value is -1.44. The minimum Gasteiger partial charge on any atom is -0.478 e. The molecule has 0 saturated heterocycles. The van der Waals surface area contributed by atoms with Gasteiger partial charge in [-0.05, 0) is 23.6 Å². The van der Waals surface area contributed by atoms with Gasteiger partial charge < -0.3 is 5.11 Å². The van der Waals surface area contributed by atoms with Gasteiger partial charge in [-0.2, -0.15) is 0 Å². The van der Waals surface area contributed by atoms with E-state index in [0.717, 1.165) is 0 Å². The molecule has 106 valence electrons. The van der Waals surface area contributed by atoms with Gasteiger partial charge in [0.25, 0.3) is 0 Å². The Kier molecular flexibility index (Phi) is 5.46. The topological polar surface area (TPSA) is 92.7 Å². The maximum atomic E-state index is 11.7. The van der Waals surface area contributed by atoms with E-state index in [4.69, 9.17) is 9.94 Å². The van der Waals surface area contributed by atoms with E-state index in [-0.39, 0.29) is 23.8 Å². The summed E-state index contributed by atoms with van der Waals surface area (Å²) in [6, 6.07) is 5.78. The standard InChI is InChI=1S/C12H17NO5S/c1-9(2)7-18-13-19(16,17)8-10-4-3-5-11(6-10)12(14)15/h3-6,9,13H,7-8H2,1-2H3,(H,14,15). The van der Waals surface area contributed by atoms with E-state index < -0.39 is 16.0 Å². The zero-order valence-electron chi connectivity index (χ0n) is 10.8. The second-order valence-corrected chi connectivity index (χ2v) is 6.24. The van der Waals surface area contributed by atoms with Crippen LogP contribution in [-0.2, 0) is 20.6 Å². The molecular weight excluding hydrogens is 270 g/mol. The molecule has 0 fully saturated rings. The van der Waals surface area contributed by atoms with Gasteiger partial charge >= 0.3 is 5.97 Å². The number of aromatic carboxylic acids is 1. The van der Waals surface area contributed by atoms with Crippen molar-refractivity contribution in [3.63, 3.8) is 0 Å². The number of hydrogen-bond acceptors (Lipinski definition) is 4. The number of carboxylic acid groups (broad SMARTS) is 1. The fourth-order valence-electron chi connectivity index (χ4n) is 1.33. The summed E-state index contributed by atoms with van der Waals surface area (Å²) in [6.45, 7) is 4.06. The van der Waals surface area contributed by atoms with Crippen molar-refractivity contribution >= 4 is 16.0 Å². The van der Waals surface area contributed by atoms with Gasteiger partial charge in [0.15, 0.2) is 0 Å². The number of carboxylic acids is 1. The molecule has 1 rings (SSSR count). The zero-order valence-corrected chi connectivity index (χ0v) is 11.6. The van der Waals surface area contributed by atoms with Crippen LogP contribution in [-0.4, -0.2) is 26.1 Å². The summed E-state index contributed by atoms with van der Waals surface area (Å²) in [6.07, 6.45) is 0. The molecule has 0 bridgehead atoms. The Balaban J connectivity index is 2.67. The van der Waals surface area contributed by atoms with Gasteiger partial charge in [-0.3, -0.25) is 4.84 Å². The summed E-state index contributed by atoms with van der Waals surface area (Å²) < 4.78 is 23.4. The van der Waals surface area contributed by atoms with Crippen LogP contribution in [0, 0.1) is 5.92 Å². The highest BCUT2D eigenvalue weighted by molar-refractivity contribution is 7.88. The van der Waals surface area contributed by atoms with E-state index in [1.165, 1.54) is 18.2 Å². The summed E-state index contributed by atoms with van der Waals surface area (Å²) in [5.74, 6) is -1.21. The second kappa shape index (κ2) is 6.65. The molecule has 0 spiro atoms. The molecule has 0 heterocycles. The Labute approximate surface area is 112 Å². The summed E-state index contributed by atoms with van der Waals surface area (Å²) >= 11 is 0. The predicted octanol–water partition coefficient (Wildman–Crippen LogP) is 1.39. The van der Waals surface area contributed by atoms with Crippen LogP contribution in [0.5, 0.6) is 0 Å². The number of nitrogens with one attached hydrogen (secondary N) is 1. The monoisotopic (exact) mass is 287 g/mol. The lowest BCUT2D eigenvalue weighted by molar-refractivity contribution is 0.0696. The van der Waals surface area contributed by atoms with Gasteiger partial charge in [0.2, 0.25) is 10.0 Å². The molecule has 0 aliphatic heterocycles. The van der Waals surface area contributed by atoms with E-state index in [1.54, 1.807) is 6.07 Å². The molecule has 6 nitrogen and oxygen atoms in total. The normalized spacial score (nSPS) is 11.7. The fraction of sp³-hybridized carbons (Fsp3) is 0.417. The first-order valence-corrected chi connectivity index (χ1v) is 7.39. The van der Waals surface area contributed by atoms with Crippen molar-refractivity contribution in [2.75, 3.05) is 6.61 Å². The Morgan fingerprint density at radius 1 is 1.42 bits per heavy atom. The average Bonchev–Trinajstić information content (AvgIpc) is 2.27. The molecule has 0 unspecified atom stereocenters. The van der Waals surface area contributed by atoms with Gasteiger partial charge in [0.1, 0.15) is 0 Å². The summed E-state index contributed by atoms with van der Waals surface area (Å²) in [4.78, 5) is 17.6. The molecule has 0 aliphatic carbocycles. The lowest BCUT2D eigenvalue weighted by Crippen LogP contribution is -2.27. The predicted molar refractivity (Wildman–Crippen MR) is 70.0 cm³/mol. The van der Waals surface area contributed by atoms with E-state index in [0.29, 0.717) is 5.56 Å². The fourth-order valence-corrected chi connectivity index (χ4v) is 2.26. The third kappa shape index (κ3) is 5.82. The first-order chi connectivity index (χ1) is 8.80. The third-order valence-corrected chi connectivity index (χ3v) is 3.22. The van der Waals surface area contributed by atoms with E-state index >= 15 is 0 Å². The zero-order chi connectivity index (χ0) is 14.5. The van der Waals surface area contributed by atoms with Crippen LogP contribution in [0.3, 0.4) is 0 Å². The summed E-state index contributed by atoms with van der Waals surface area (Å²) in [7, 11) is -3.64. The summed E-state index contributed by atoms with van der Waals surface area (Å²) in [5, 5.41) is 8.82. The number of carbonyl (C=O) groups is 1. The molecule has 0 amide bonds. The van der Waals surface area contributed by atoms with Crippen LogP contribution in [0.15, 0.2) is 24.3 Å². The van der Waals surface area contributed by atoms with Crippen LogP contribution < -0.4 is 4.89 Å². The molecule has 0 atom stereocenters. The number of sulfonamides is 1. The van der Waals surface area contributed by atoms with Gasteiger partial charge in [0, 0.05) is 0 Å². The van der Waals surface area contributed by atoms with E-state index in [1.807, 2.05) is 18.7 Å². The summed E-state index contributed by atoms with van der Waals surface area (Å²) in [5.41, 5.74) is 0.441. The molecule has 0 aromatic heterocycles. The number of hydrogen-bond donors (Lipinski definition) is 2. The lowest BCUT2D eigenvalue weighted by Gasteiger charge is -2.09. The molecule has 19 heavy (non-hydrogen) atoms. The van der Waals surface area contributed by atoms with Crippen molar-refractivity contribution in [2.24, 2.45) is 5.92 Å². The highest BCUT2D eigenvalue weighted by Crippen LogP contribution is 2.09. The quantitative estimate of drug-likeness (QED) is 0.739. The van der Waals surface area contributed by atoms with Crippen LogP contribution in [0.4, 0.5) is 0 Å². The second-order valence-electron chi connectivity index (χ2n) is 4.55. The van der Waals surface area contributed by atoms with E-state index in [9.17, 15) is 13.2 Å². The smallest absolute Gasteiger partial charge is 0.335 e.